The minimum absolute atomic E-state index is 0.0382. The molecule has 1 N–H and O–H groups in total. The molecule has 0 radical (unpaired) electrons. The first kappa shape index (κ1) is 14.3. The Morgan fingerprint density at radius 1 is 1.16 bits per heavy atom. The average Bonchev–Trinajstić information content (AvgIpc) is 2.33. The summed E-state index contributed by atoms with van der Waals surface area (Å²) < 4.78 is 39.8. The van der Waals surface area contributed by atoms with Crippen molar-refractivity contribution in [1.82, 2.24) is 0 Å². The molecule has 0 aliphatic carbocycles. The first-order valence-corrected chi connectivity index (χ1v) is 7.77. The second-order valence-electron chi connectivity index (χ2n) is 3.69. The molecule has 0 spiro atoms. The van der Waals surface area contributed by atoms with Crippen LogP contribution in [-0.2, 0) is 10.0 Å². The van der Waals surface area contributed by atoms with Crippen LogP contribution in [-0.4, -0.2) is 8.42 Å². The molecule has 0 aliphatic rings. The smallest absolute Gasteiger partial charge is 0.261 e. The topological polar surface area (TPSA) is 46.2 Å². The predicted molar refractivity (Wildman–Crippen MR) is 76.4 cm³/mol. The van der Waals surface area contributed by atoms with Gasteiger partial charge in [-0.25, -0.2) is 12.8 Å². The van der Waals surface area contributed by atoms with Gasteiger partial charge in [0.2, 0.25) is 0 Å². The molecule has 0 aromatic heterocycles. The fraction of sp³-hybridized carbons (Fsp3) is 0. The van der Waals surface area contributed by atoms with E-state index in [1.165, 1.54) is 36.4 Å². The lowest BCUT2D eigenvalue weighted by Crippen LogP contribution is -2.13. The van der Waals surface area contributed by atoms with Gasteiger partial charge in [0.25, 0.3) is 10.0 Å². The van der Waals surface area contributed by atoms with Crippen molar-refractivity contribution in [3.8, 4) is 0 Å². The maximum absolute atomic E-state index is 12.9. The highest BCUT2D eigenvalue weighted by atomic mass is 79.9. The van der Waals surface area contributed by atoms with Crippen molar-refractivity contribution in [1.29, 1.82) is 0 Å². The van der Waals surface area contributed by atoms with Crippen LogP contribution in [0.3, 0.4) is 0 Å². The fourth-order valence-electron chi connectivity index (χ4n) is 1.41. The zero-order valence-electron chi connectivity index (χ0n) is 9.40. The molecule has 0 saturated carbocycles. The number of halogens is 3. The molecule has 0 atom stereocenters. The van der Waals surface area contributed by atoms with Gasteiger partial charge in [0.15, 0.2) is 0 Å². The van der Waals surface area contributed by atoms with Crippen LogP contribution in [0.1, 0.15) is 0 Å². The van der Waals surface area contributed by atoms with Gasteiger partial charge in [-0.1, -0.05) is 17.7 Å². The van der Waals surface area contributed by atoms with E-state index in [1.54, 1.807) is 6.07 Å². The number of hydrogen-bond donors (Lipinski definition) is 1. The Bertz CT molecular complexity index is 721. The monoisotopic (exact) mass is 363 g/mol. The summed E-state index contributed by atoms with van der Waals surface area (Å²) in [6.45, 7) is 0. The van der Waals surface area contributed by atoms with E-state index in [1.807, 2.05) is 0 Å². The number of sulfonamides is 1. The Kier molecular flexibility index (Phi) is 4.13. The van der Waals surface area contributed by atoms with E-state index in [4.69, 9.17) is 11.6 Å². The van der Waals surface area contributed by atoms with Crippen LogP contribution in [0.2, 0.25) is 5.02 Å². The number of nitrogens with one attached hydrogen (secondary N) is 1. The molecule has 0 unspecified atom stereocenters. The minimum atomic E-state index is -3.76. The van der Waals surface area contributed by atoms with Crippen molar-refractivity contribution in [3.63, 3.8) is 0 Å². The third-order valence-electron chi connectivity index (χ3n) is 2.28. The van der Waals surface area contributed by atoms with Crippen molar-refractivity contribution < 1.29 is 12.8 Å². The van der Waals surface area contributed by atoms with Gasteiger partial charge in [0.05, 0.1) is 10.6 Å². The van der Waals surface area contributed by atoms with Crippen molar-refractivity contribution >= 4 is 43.2 Å². The van der Waals surface area contributed by atoms with E-state index in [-0.39, 0.29) is 10.6 Å². The highest BCUT2D eigenvalue weighted by Crippen LogP contribution is 2.26. The van der Waals surface area contributed by atoms with Gasteiger partial charge >= 0.3 is 0 Å². The van der Waals surface area contributed by atoms with Gasteiger partial charge in [-0.2, -0.15) is 0 Å². The number of rotatable bonds is 3. The van der Waals surface area contributed by atoms with Crippen LogP contribution < -0.4 is 4.72 Å². The molecule has 0 amide bonds. The van der Waals surface area contributed by atoms with Gasteiger partial charge in [-0.15, -0.1) is 0 Å². The highest BCUT2D eigenvalue weighted by Gasteiger charge is 2.16. The second kappa shape index (κ2) is 5.48. The molecule has 3 nitrogen and oxygen atoms in total. The Balaban J connectivity index is 2.36. The maximum Gasteiger partial charge on any atom is 0.261 e. The van der Waals surface area contributed by atoms with Crippen molar-refractivity contribution in [2.24, 2.45) is 0 Å². The molecule has 2 aromatic rings. The minimum Gasteiger partial charge on any atom is -0.278 e. The molecule has 100 valence electrons. The van der Waals surface area contributed by atoms with Crippen molar-refractivity contribution in [2.45, 2.75) is 4.90 Å². The number of benzene rings is 2. The summed E-state index contributed by atoms with van der Waals surface area (Å²) in [6.07, 6.45) is 0. The van der Waals surface area contributed by atoms with Gasteiger partial charge in [0, 0.05) is 9.50 Å². The Morgan fingerprint density at radius 3 is 2.53 bits per heavy atom. The van der Waals surface area contributed by atoms with E-state index < -0.39 is 15.8 Å². The SMILES string of the molecule is O=S(=O)(Nc1ccc(F)cc1Br)c1cccc(Cl)c1. The summed E-state index contributed by atoms with van der Waals surface area (Å²) >= 11 is 8.85. The molecule has 2 rings (SSSR count). The van der Waals surface area contributed by atoms with Gasteiger partial charge in [-0.3, -0.25) is 4.72 Å². The summed E-state index contributed by atoms with van der Waals surface area (Å²) in [5, 5.41) is 0.320. The summed E-state index contributed by atoms with van der Waals surface area (Å²) in [6, 6.07) is 9.55. The van der Waals surface area contributed by atoms with Crippen LogP contribution in [0.25, 0.3) is 0 Å². The molecule has 0 aliphatic heterocycles. The Hall–Kier alpha value is -1.11. The molecule has 0 saturated heterocycles. The molecule has 19 heavy (non-hydrogen) atoms. The third kappa shape index (κ3) is 3.46. The standard InChI is InChI=1S/C12H8BrClFNO2S/c13-11-7-9(15)4-5-12(11)16-19(17,18)10-3-1-2-8(14)6-10/h1-7,16H. The lowest BCUT2D eigenvalue weighted by Gasteiger charge is -2.10. The van der Waals surface area contributed by atoms with E-state index >= 15 is 0 Å². The predicted octanol–water partition coefficient (Wildman–Crippen LogP) is 4.04. The largest absolute Gasteiger partial charge is 0.278 e. The molecule has 2 aromatic carbocycles. The zero-order chi connectivity index (χ0) is 14.0. The molecule has 7 heteroatoms. The maximum atomic E-state index is 12.9. The summed E-state index contributed by atoms with van der Waals surface area (Å²) in [4.78, 5) is 0.0382. The van der Waals surface area contributed by atoms with Crippen molar-refractivity contribution in [3.05, 3.63) is 57.8 Å². The highest BCUT2D eigenvalue weighted by molar-refractivity contribution is 9.10. The first-order valence-electron chi connectivity index (χ1n) is 5.12. The third-order valence-corrected chi connectivity index (χ3v) is 4.54. The van der Waals surface area contributed by atoms with Crippen molar-refractivity contribution in [2.75, 3.05) is 4.72 Å². The molecular weight excluding hydrogens is 357 g/mol. The van der Waals surface area contributed by atoms with E-state index in [2.05, 4.69) is 20.7 Å². The average molecular weight is 365 g/mol. The number of anilines is 1. The Morgan fingerprint density at radius 2 is 1.89 bits per heavy atom. The van der Waals surface area contributed by atoms with Crippen LogP contribution in [0.5, 0.6) is 0 Å². The first-order chi connectivity index (χ1) is 8.88. The zero-order valence-corrected chi connectivity index (χ0v) is 12.6. The summed E-state index contributed by atoms with van der Waals surface area (Å²) in [5.41, 5.74) is 0.251. The molecule has 0 bridgehead atoms. The van der Waals surface area contributed by atoms with Crippen LogP contribution in [0, 0.1) is 5.82 Å². The molecule has 0 heterocycles. The Labute approximate surface area is 123 Å². The molecular formula is C12H8BrClFNO2S. The quantitative estimate of drug-likeness (QED) is 0.893. The lowest BCUT2D eigenvalue weighted by atomic mass is 10.3. The van der Waals surface area contributed by atoms with E-state index in [0.717, 1.165) is 0 Å². The normalized spacial score (nSPS) is 11.3. The second-order valence-corrected chi connectivity index (χ2v) is 6.66. The van der Waals surface area contributed by atoms with E-state index in [9.17, 15) is 12.8 Å². The lowest BCUT2D eigenvalue weighted by molar-refractivity contribution is 0.601. The molecule has 0 fully saturated rings. The number of hydrogen-bond acceptors (Lipinski definition) is 2. The van der Waals surface area contributed by atoms with Crippen LogP contribution >= 0.6 is 27.5 Å². The van der Waals surface area contributed by atoms with Gasteiger partial charge < -0.3 is 0 Å². The summed E-state index contributed by atoms with van der Waals surface area (Å²) in [7, 11) is -3.76. The van der Waals surface area contributed by atoms with Crippen LogP contribution in [0.15, 0.2) is 51.8 Å². The van der Waals surface area contributed by atoms with E-state index in [0.29, 0.717) is 9.50 Å². The van der Waals surface area contributed by atoms with Gasteiger partial charge in [-0.05, 0) is 52.3 Å². The fourth-order valence-corrected chi connectivity index (χ4v) is 3.37. The van der Waals surface area contributed by atoms with Gasteiger partial charge in [0.1, 0.15) is 5.82 Å². The van der Waals surface area contributed by atoms with Crippen LogP contribution in [0.4, 0.5) is 10.1 Å². The summed E-state index contributed by atoms with van der Waals surface area (Å²) in [5.74, 6) is -0.461.